The molecule has 0 fully saturated rings. The lowest BCUT2D eigenvalue weighted by atomic mass is 10.2. The lowest BCUT2D eigenvalue weighted by molar-refractivity contribution is 0.601. The highest BCUT2D eigenvalue weighted by Gasteiger charge is 2.15. The average molecular weight is 310 g/mol. The van der Waals surface area contributed by atoms with E-state index in [9.17, 15) is 8.42 Å². The molecule has 0 aromatic heterocycles. The van der Waals surface area contributed by atoms with Crippen LogP contribution < -0.4 is 5.32 Å². The van der Waals surface area contributed by atoms with E-state index >= 15 is 0 Å². The first-order valence-electron chi connectivity index (χ1n) is 6.16. The topological polar surface area (TPSA) is 46.2 Å². The van der Waals surface area contributed by atoms with E-state index in [1.165, 1.54) is 11.8 Å². The molecule has 0 unspecified atom stereocenters. The summed E-state index contributed by atoms with van der Waals surface area (Å²) in [5.74, 6) is 0. The van der Waals surface area contributed by atoms with Crippen LogP contribution >= 0.6 is 11.6 Å². The molecular formula is C15H16ClNO2S. The molecule has 0 atom stereocenters. The Morgan fingerprint density at radius 3 is 2.35 bits per heavy atom. The van der Waals surface area contributed by atoms with Gasteiger partial charge in [0.15, 0.2) is 9.84 Å². The number of rotatable bonds is 4. The first-order valence-corrected chi connectivity index (χ1v) is 8.43. The molecule has 20 heavy (non-hydrogen) atoms. The van der Waals surface area contributed by atoms with Crippen molar-refractivity contribution in [2.75, 3.05) is 11.6 Å². The van der Waals surface area contributed by atoms with Crippen LogP contribution in [0.3, 0.4) is 0 Å². The molecule has 0 bridgehead atoms. The van der Waals surface area contributed by atoms with Gasteiger partial charge in [0.2, 0.25) is 0 Å². The third-order valence-corrected chi connectivity index (χ3v) is 4.53. The molecule has 0 saturated heterocycles. The van der Waals surface area contributed by atoms with Crippen LogP contribution in [0.4, 0.5) is 5.69 Å². The summed E-state index contributed by atoms with van der Waals surface area (Å²) in [6.07, 6.45) is 1.19. The molecule has 5 heteroatoms. The number of sulfone groups is 1. The van der Waals surface area contributed by atoms with Crippen molar-refractivity contribution in [2.24, 2.45) is 0 Å². The zero-order valence-corrected chi connectivity index (χ0v) is 12.9. The molecule has 2 aromatic carbocycles. The van der Waals surface area contributed by atoms with E-state index in [0.717, 1.165) is 5.69 Å². The summed E-state index contributed by atoms with van der Waals surface area (Å²) in [6.45, 7) is 2.38. The zero-order valence-electron chi connectivity index (χ0n) is 11.4. The van der Waals surface area contributed by atoms with Crippen molar-refractivity contribution in [2.45, 2.75) is 18.4 Å². The van der Waals surface area contributed by atoms with Gasteiger partial charge in [0.05, 0.1) is 4.90 Å². The highest BCUT2D eigenvalue weighted by Crippen LogP contribution is 2.25. The first kappa shape index (κ1) is 14.9. The third-order valence-electron chi connectivity index (χ3n) is 3.00. The molecule has 106 valence electrons. The normalized spacial score (nSPS) is 11.3. The van der Waals surface area contributed by atoms with E-state index in [1.54, 1.807) is 18.2 Å². The quantitative estimate of drug-likeness (QED) is 0.937. The van der Waals surface area contributed by atoms with Crippen molar-refractivity contribution in [3.8, 4) is 0 Å². The molecule has 0 amide bonds. The van der Waals surface area contributed by atoms with Crippen LogP contribution in [0.15, 0.2) is 47.4 Å². The second-order valence-corrected chi connectivity index (χ2v) is 7.10. The standard InChI is InChI=1S/C15H16ClNO2S/c1-11-6-8-12(9-7-11)17-10-13-14(16)4-3-5-15(13)20(2,18)19/h3-9,17H,10H2,1-2H3. The van der Waals surface area contributed by atoms with E-state index in [-0.39, 0.29) is 4.90 Å². The molecule has 0 aliphatic carbocycles. The minimum absolute atomic E-state index is 0.268. The zero-order chi connectivity index (χ0) is 14.8. The van der Waals surface area contributed by atoms with Gasteiger partial charge in [-0.25, -0.2) is 8.42 Å². The van der Waals surface area contributed by atoms with Crippen LogP contribution in [0.1, 0.15) is 11.1 Å². The molecule has 0 saturated carbocycles. The Labute approximate surface area is 124 Å². The van der Waals surface area contributed by atoms with Crippen LogP contribution in [0.5, 0.6) is 0 Å². The Morgan fingerprint density at radius 1 is 1.10 bits per heavy atom. The van der Waals surface area contributed by atoms with Crippen molar-refractivity contribution >= 4 is 27.1 Å². The molecule has 1 N–H and O–H groups in total. The maximum Gasteiger partial charge on any atom is 0.175 e. The van der Waals surface area contributed by atoms with E-state index < -0.39 is 9.84 Å². The van der Waals surface area contributed by atoms with Crippen LogP contribution in [0.25, 0.3) is 0 Å². The molecule has 0 spiro atoms. The molecule has 2 aromatic rings. The Bertz CT molecular complexity index is 709. The van der Waals surface area contributed by atoms with Gasteiger partial charge in [-0.3, -0.25) is 0 Å². The predicted molar refractivity (Wildman–Crippen MR) is 83.1 cm³/mol. The van der Waals surface area contributed by atoms with Gasteiger partial charge in [-0.15, -0.1) is 0 Å². The molecule has 0 aliphatic rings. The van der Waals surface area contributed by atoms with E-state index in [4.69, 9.17) is 11.6 Å². The summed E-state index contributed by atoms with van der Waals surface area (Å²) in [7, 11) is -3.29. The van der Waals surface area contributed by atoms with E-state index in [0.29, 0.717) is 17.1 Å². The molecule has 0 heterocycles. The van der Waals surface area contributed by atoms with Crippen molar-refractivity contribution in [3.63, 3.8) is 0 Å². The number of anilines is 1. The Balaban J connectivity index is 2.27. The number of nitrogens with one attached hydrogen (secondary N) is 1. The largest absolute Gasteiger partial charge is 0.381 e. The lowest BCUT2D eigenvalue weighted by Gasteiger charge is -2.12. The van der Waals surface area contributed by atoms with Crippen LogP contribution in [-0.4, -0.2) is 14.7 Å². The summed E-state index contributed by atoms with van der Waals surface area (Å²) in [5.41, 5.74) is 2.69. The summed E-state index contributed by atoms with van der Waals surface area (Å²) in [5, 5.41) is 3.64. The van der Waals surface area contributed by atoms with Crippen molar-refractivity contribution < 1.29 is 8.42 Å². The number of halogens is 1. The third kappa shape index (κ3) is 3.52. The second-order valence-electron chi connectivity index (χ2n) is 4.71. The lowest BCUT2D eigenvalue weighted by Crippen LogP contribution is -2.07. The molecule has 3 nitrogen and oxygen atoms in total. The summed E-state index contributed by atoms with van der Waals surface area (Å²) in [6, 6.07) is 12.8. The molecule has 0 aliphatic heterocycles. The summed E-state index contributed by atoms with van der Waals surface area (Å²) < 4.78 is 23.6. The van der Waals surface area contributed by atoms with Crippen molar-refractivity contribution in [1.82, 2.24) is 0 Å². The SMILES string of the molecule is Cc1ccc(NCc2c(Cl)cccc2S(C)(=O)=O)cc1. The van der Waals surface area contributed by atoms with Gasteiger partial charge in [0.25, 0.3) is 0 Å². The van der Waals surface area contributed by atoms with Crippen molar-refractivity contribution in [3.05, 3.63) is 58.6 Å². The number of benzene rings is 2. The fourth-order valence-corrected chi connectivity index (χ4v) is 3.17. The van der Waals surface area contributed by atoms with Gasteiger partial charge in [-0.2, -0.15) is 0 Å². The van der Waals surface area contributed by atoms with Crippen LogP contribution in [0.2, 0.25) is 5.02 Å². The summed E-state index contributed by atoms with van der Waals surface area (Å²) >= 11 is 6.12. The fraction of sp³-hybridized carbons (Fsp3) is 0.200. The average Bonchev–Trinajstić information content (AvgIpc) is 2.38. The predicted octanol–water partition coefficient (Wildman–Crippen LogP) is 3.66. The van der Waals surface area contributed by atoms with Crippen LogP contribution in [0, 0.1) is 6.92 Å². The highest BCUT2D eigenvalue weighted by molar-refractivity contribution is 7.90. The second kappa shape index (κ2) is 5.85. The number of aryl methyl sites for hydroxylation is 1. The van der Waals surface area contributed by atoms with Gasteiger partial charge in [0.1, 0.15) is 0 Å². The minimum Gasteiger partial charge on any atom is -0.381 e. The number of hydrogen-bond donors (Lipinski definition) is 1. The van der Waals surface area contributed by atoms with E-state index in [2.05, 4.69) is 5.32 Å². The van der Waals surface area contributed by atoms with Gasteiger partial charge >= 0.3 is 0 Å². The van der Waals surface area contributed by atoms with Gasteiger partial charge < -0.3 is 5.32 Å². The van der Waals surface area contributed by atoms with Crippen LogP contribution in [-0.2, 0) is 16.4 Å². The minimum atomic E-state index is -3.29. The smallest absolute Gasteiger partial charge is 0.175 e. The monoisotopic (exact) mass is 309 g/mol. The summed E-state index contributed by atoms with van der Waals surface area (Å²) in [4.78, 5) is 0.268. The van der Waals surface area contributed by atoms with Gasteiger partial charge in [0, 0.05) is 29.1 Å². The Hall–Kier alpha value is -1.52. The Morgan fingerprint density at radius 2 is 1.75 bits per heavy atom. The maximum absolute atomic E-state index is 11.8. The van der Waals surface area contributed by atoms with Crippen molar-refractivity contribution in [1.29, 1.82) is 0 Å². The number of hydrogen-bond acceptors (Lipinski definition) is 3. The molecular weight excluding hydrogens is 294 g/mol. The first-order chi connectivity index (χ1) is 9.38. The van der Waals surface area contributed by atoms with E-state index in [1.807, 2.05) is 31.2 Å². The highest BCUT2D eigenvalue weighted by atomic mass is 35.5. The molecule has 2 rings (SSSR count). The molecule has 0 radical (unpaired) electrons. The van der Waals surface area contributed by atoms with Gasteiger partial charge in [-0.05, 0) is 31.2 Å². The van der Waals surface area contributed by atoms with Gasteiger partial charge in [-0.1, -0.05) is 35.4 Å². The fourth-order valence-electron chi connectivity index (χ4n) is 1.92. The maximum atomic E-state index is 11.8. The Kier molecular flexibility index (Phi) is 4.35.